The summed E-state index contributed by atoms with van der Waals surface area (Å²) in [6.07, 6.45) is 0. The molecule has 3 nitrogen and oxygen atoms in total. The molecule has 0 radical (unpaired) electrons. The standard InChI is InChI=1S/C16H17NO2/c1-11-6-4-9-15(12(11)2)16(18)17-13-7-5-8-14(10-13)19-3/h4-10H,1-3H3,(H,17,18). The minimum absolute atomic E-state index is 0.102. The van der Waals surface area contributed by atoms with E-state index < -0.39 is 0 Å². The molecule has 0 aliphatic heterocycles. The van der Waals surface area contributed by atoms with Gasteiger partial charge in [0.05, 0.1) is 7.11 Å². The van der Waals surface area contributed by atoms with Crippen molar-refractivity contribution < 1.29 is 9.53 Å². The fourth-order valence-electron chi connectivity index (χ4n) is 1.90. The lowest BCUT2D eigenvalue weighted by molar-refractivity contribution is 0.102. The van der Waals surface area contributed by atoms with Gasteiger partial charge < -0.3 is 10.1 Å². The molecule has 2 rings (SSSR count). The van der Waals surface area contributed by atoms with E-state index in [9.17, 15) is 4.79 Å². The zero-order valence-electron chi connectivity index (χ0n) is 11.4. The topological polar surface area (TPSA) is 38.3 Å². The largest absolute Gasteiger partial charge is 0.497 e. The summed E-state index contributed by atoms with van der Waals surface area (Å²) < 4.78 is 5.13. The SMILES string of the molecule is COc1cccc(NC(=O)c2cccc(C)c2C)c1. The predicted octanol–water partition coefficient (Wildman–Crippen LogP) is 3.56. The van der Waals surface area contributed by atoms with Gasteiger partial charge in [0, 0.05) is 17.3 Å². The van der Waals surface area contributed by atoms with Crippen LogP contribution in [0.1, 0.15) is 21.5 Å². The molecule has 0 spiro atoms. The van der Waals surface area contributed by atoms with Crippen molar-refractivity contribution in [3.8, 4) is 5.75 Å². The van der Waals surface area contributed by atoms with E-state index in [1.54, 1.807) is 13.2 Å². The molecule has 0 saturated heterocycles. The number of carbonyl (C=O) groups is 1. The van der Waals surface area contributed by atoms with Crippen LogP contribution in [0, 0.1) is 13.8 Å². The molecule has 98 valence electrons. The molecule has 0 heterocycles. The van der Waals surface area contributed by atoms with Gasteiger partial charge >= 0.3 is 0 Å². The Labute approximate surface area is 113 Å². The molecule has 0 unspecified atom stereocenters. The van der Waals surface area contributed by atoms with Crippen molar-refractivity contribution in [3.05, 3.63) is 59.2 Å². The maximum Gasteiger partial charge on any atom is 0.255 e. The Balaban J connectivity index is 2.23. The van der Waals surface area contributed by atoms with Gasteiger partial charge in [-0.1, -0.05) is 18.2 Å². The van der Waals surface area contributed by atoms with Crippen LogP contribution in [-0.4, -0.2) is 13.0 Å². The molecular weight excluding hydrogens is 238 g/mol. The van der Waals surface area contributed by atoms with Crippen LogP contribution >= 0.6 is 0 Å². The van der Waals surface area contributed by atoms with Gasteiger partial charge in [-0.25, -0.2) is 0 Å². The monoisotopic (exact) mass is 255 g/mol. The lowest BCUT2D eigenvalue weighted by Gasteiger charge is -2.10. The Bertz CT molecular complexity index is 605. The van der Waals surface area contributed by atoms with Crippen LogP contribution in [0.5, 0.6) is 5.75 Å². The van der Waals surface area contributed by atoms with E-state index in [1.807, 2.05) is 50.2 Å². The first-order valence-corrected chi connectivity index (χ1v) is 6.13. The van der Waals surface area contributed by atoms with E-state index in [0.29, 0.717) is 5.56 Å². The molecule has 0 aliphatic carbocycles. The average molecular weight is 255 g/mol. The van der Waals surface area contributed by atoms with Crippen LogP contribution in [-0.2, 0) is 0 Å². The van der Waals surface area contributed by atoms with E-state index in [1.165, 1.54) is 0 Å². The van der Waals surface area contributed by atoms with Crippen LogP contribution < -0.4 is 10.1 Å². The molecule has 1 N–H and O–H groups in total. The molecule has 0 aliphatic rings. The summed E-state index contributed by atoms with van der Waals surface area (Å²) in [5.41, 5.74) is 3.54. The van der Waals surface area contributed by atoms with Crippen LogP contribution in [0.2, 0.25) is 0 Å². The van der Waals surface area contributed by atoms with Gasteiger partial charge in [-0.3, -0.25) is 4.79 Å². The summed E-state index contributed by atoms with van der Waals surface area (Å²) in [4.78, 5) is 12.2. The smallest absolute Gasteiger partial charge is 0.255 e. The zero-order valence-corrected chi connectivity index (χ0v) is 11.4. The Morgan fingerprint density at radius 3 is 2.58 bits per heavy atom. The first-order valence-electron chi connectivity index (χ1n) is 6.13. The number of hydrogen-bond donors (Lipinski definition) is 1. The molecule has 0 bridgehead atoms. The summed E-state index contributed by atoms with van der Waals surface area (Å²) in [7, 11) is 1.60. The molecule has 0 aromatic heterocycles. The maximum absolute atomic E-state index is 12.2. The Hall–Kier alpha value is -2.29. The summed E-state index contributed by atoms with van der Waals surface area (Å²) in [6, 6.07) is 13.0. The van der Waals surface area contributed by atoms with Gasteiger partial charge in [-0.15, -0.1) is 0 Å². The summed E-state index contributed by atoms with van der Waals surface area (Å²) >= 11 is 0. The Morgan fingerprint density at radius 2 is 1.84 bits per heavy atom. The van der Waals surface area contributed by atoms with Gasteiger partial charge in [0.1, 0.15) is 5.75 Å². The van der Waals surface area contributed by atoms with Gasteiger partial charge in [-0.05, 0) is 43.2 Å². The minimum Gasteiger partial charge on any atom is -0.497 e. The number of aryl methyl sites for hydroxylation is 1. The number of benzene rings is 2. The third-order valence-electron chi connectivity index (χ3n) is 3.18. The van der Waals surface area contributed by atoms with Crippen molar-refractivity contribution in [2.75, 3.05) is 12.4 Å². The Kier molecular flexibility index (Phi) is 3.85. The summed E-state index contributed by atoms with van der Waals surface area (Å²) in [6.45, 7) is 3.95. The van der Waals surface area contributed by atoms with Crippen LogP contribution in [0.4, 0.5) is 5.69 Å². The van der Waals surface area contributed by atoms with Gasteiger partial charge in [-0.2, -0.15) is 0 Å². The van der Waals surface area contributed by atoms with Crippen molar-refractivity contribution in [1.82, 2.24) is 0 Å². The van der Waals surface area contributed by atoms with Crippen molar-refractivity contribution >= 4 is 11.6 Å². The van der Waals surface area contributed by atoms with Crippen LogP contribution in [0.3, 0.4) is 0 Å². The molecule has 2 aromatic carbocycles. The van der Waals surface area contributed by atoms with Crippen molar-refractivity contribution in [2.45, 2.75) is 13.8 Å². The molecule has 0 atom stereocenters. The normalized spacial score (nSPS) is 10.1. The second kappa shape index (κ2) is 5.57. The number of rotatable bonds is 3. The number of hydrogen-bond acceptors (Lipinski definition) is 2. The Morgan fingerprint density at radius 1 is 1.11 bits per heavy atom. The molecule has 0 saturated carbocycles. The second-order valence-electron chi connectivity index (χ2n) is 4.43. The van der Waals surface area contributed by atoms with E-state index in [-0.39, 0.29) is 5.91 Å². The number of anilines is 1. The van der Waals surface area contributed by atoms with Crippen molar-refractivity contribution in [1.29, 1.82) is 0 Å². The van der Waals surface area contributed by atoms with Crippen LogP contribution in [0.25, 0.3) is 0 Å². The van der Waals surface area contributed by atoms with Gasteiger partial charge in [0.25, 0.3) is 5.91 Å². The quantitative estimate of drug-likeness (QED) is 0.910. The van der Waals surface area contributed by atoms with Gasteiger partial charge in [0.15, 0.2) is 0 Å². The third-order valence-corrected chi connectivity index (χ3v) is 3.18. The van der Waals surface area contributed by atoms with Crippen molar-refractivity contribution in [2.24, 2.45) is 0 Å². The average Bonchev–Trinajstić information content (AvgIpc) is 2.42. The summed E-state index contributed by atoms with van der Waals surface area (Å²) in [5, 5.41) is 2.88. The maximum atomic E-state index is 12.2. The molecular formula is C16H17NO2. The zero-order chi connectivity index (χ0) is 13.8. The van der Waals surface area contributed by atoms with Gasteiger partial charge in [0.2, 0.25) is 0 Å². The van der Waals surface area contributed by atoms with E-state index >= 15 is 0 Å². The third kappa shape index (κ3) is 2.94. The summed E-state index contributed by atoms with van der Waals surface area (Å²) in [5.74, 6) is 0.619. The fraction of sp³-hybridized carbons (Fsp3) is 0.188. The first-order chi connectivity index (χ1) is 9.11. The number of carbonyl (C=O) groups excluding carboxylic acids is 1. The predicted molar refractivity (Wildman–Crippen MR) is 76.9 cm³/mol. The highest BCUT2D eigenvalue weighted by molar-refractivity contribution is 6.05. The highest BCUT2D eigenvalue weighted by Crippen LogP contribution is 2.19. The molecule has 2 aromatic rings. The van der Waals surface area contributed by atoms with Crippen LogP contribution in [0.15, 0.2) is 42.5 Å². The van der Waals surface area contributed by atoms with E-state index in [4.69, 9.17) is 4.74 Å². The number of nitrogens with one attached hydrogen (secondary N) is 1. The molecule has 3 heteroatoms. The molecule has 19 heavy (non-hydrogen) atoms. The fourth-order valence-corrected chi connectivity index (χ4v) is 1.90. The lowest BCUT2D eigenvalue weighted by atomic mass is 10.0. The van der Waals surface area contributed by atoms with E-state index in [2.05, 4.69) is 5.32 Å². The molecule has 0 fully saturated rings. The number of methoxy groups -OCH3 is 1. The van der Waals surface area contributed by atoms with Crippen molar-refractivity contribution in [3.63, 3.8) is 0 Å². The highest BCUT2D eigenvalue weighted by atomic mass is 16.5. The first kappa shape index (κ1) is 13.1. The number of ether oxygens (including phenoxy) is 1. The number of amides is 1. The second-order valence-corrected chi connectivity index (χ2v) is 4.43. The molecule has 1 amide bonds. The minimum atomic E-state index is -0.102. The lowest BCUT2D eigenvalue weighted by Crippen LogP contribution is -2.13. The van der Waals surface area contributed by atoms with E-state index in [0.717, 1.165) is 22.6 Å². The highest BCUT2D eigenvalue weighted by Gasteiger charge is 2.10.